The highest BCUT2D eigenvalue weighted by atomic mass is 14.6. The molecule has 1 heterocycles. The Morgan fingerprint density at radius 3 is 2.28 bits per heavy atom. The van der Waals surface area contributed by atoms with Gasteiger partial charge in [0.25, 0.3) is 0 Å². The van der Waals surface area contributed by atoms with Gasteiger partial charge in [0.15, 0.2) is 0 Å². The lowest BCUT2D eigenvalue weighted by molar-refractivity contribution is 0.733. The molecule has 2 heteroatoms. The van der Waals surface area contributed by atoms with Crippen LogP contribution in [0.4, 0.5) is 0 Å². The Kier molecular flexibility index (Phi) is 3.84. The minimum atomic E-state index is -0.178. The van der Waals surface area contributed by atoms with E-state index in [1.165, 1.54) is 5.56 Å². The maximum Gasteiger partial charge on any atom is 0.0977 e. The molecule has 2 unspecified atom stereocenters. The number of nitrogens with zero attached hydrogens (tertiary/aromatic N) is 1. The van der Waals surface area contributed by atoms with Gasteiger partial charge in [-0.3, -0.25) is 0 Å². The molecule has 2 aromatic rings. The van der Waals surface area contributed by atoms with Gasteiger partial charge in [0.2, 0.25) is 0 Å². The topological polar surface area (TPSA) is 39.6 Å². The number of hydrogen-bond donors (Lipinski definition) is 1. The summed E-state index contributed by atoms with van der Waals surface area (Å²) in [7, 11) is 0. The summed E-state index contributed by atoms with van der Waals surface area (Å²) >= 11 is 0. The van der Waals surface area contributed by atoms with Crippen molar-refractivity contribution in [2.24, 2.45) is 0 Å². The van der Waals surface area contributed by atoms with Gasteiger partial charge in [-0.1, -0.05) is 38.1 Å². The zero-order valence-corrected chi connectivity index (χ0v) is 10.9. The minimum Gasteiger partial charge on any atom is -0.367 e. The monoisotopic (exact) mass is 238 g/mol. The number of nitrogens with one attached hydrogen (secondary N) is 1. The summed E-state index contributed by atoms with van der Waals surface area (Å²) in [6, 6.07) is 12.7. The number of rotatable bonds is 4. The molecule has 0 radical (unpaired) electrons. The molecule has 18 heavy (non-hydrogen) atoms. The van der Waals surface area contributed by atoms with Gasteiger partial charge in [0, 0.05) is 12.4 Å². The number of aromatic amines is 1. The Hall–Kier alpha value is -2.01. The van der Waals surface area contributed by atoms with E-state index in [9.17, 15) is 5.26 Å². The third-order valence-corrected chi connectivity index (χ3v) is 3.54. The van der Waals surface area contributed by atoms with E-state index in [4.69, 9.17) is 0 Å². The standard InChI is InChI=1S/C16H18N2/c1-3-12(2)13-4-6-14(7-5-13)16(10-17)15-8-9-18-11-15/h4-9,11-12,16,18H,3H2,1-2H3. The molecule has 0 saturated carbocycles. The maximum atomic E-state index is 9.31. The summed E-state index contributed by atoms with van der Waals surface area (Å²) in [6.07, 6.45) is 4.88. The number of benzene rings is 1. The van der Waals surface area contributed by atoms with Gasteiger partial charge in [0.05, 0.1) is 12.0 Å². The Morgan fingerprint density at radius 2 is 1.78 bits per heavy atom. The second kappa shape index (κ2) is 5.55. The largest absolute Gasteiger partial charge is 0.367 e. The normalized spacial score (nSPS) is 13.8. The fourth-order valence-electron chi connectivity index (χ4n) is 2.11. The molecule has 2 nitrogen and oxygen atoms in total. The van der Waals surface area contributed by atoms with Crippen molar-refractivity contribution < 1.29 is 0 Å². The van der Waals surface area contributed by atoms with Gasteiger partial charge >= 0.3 is 0 Å². The van der Waals surface area contributed by atoms with Gasteiger partial charge in [-0.05, 0) is 35.1 Å². The third kappa shape index (κ3) is 2.46. The van der Waals surface area contributed by atoms with Gasteiger partial charge in [-0.2, -0.15) is 5.26 Å². The molecule has 0 amide bonds. The van der Waals surface area contributed by atoms with Gasteiger partial charge in [-0.25, -0.2) is 0 Å². The van der Waals surface area contributed by atoms with E-state index < -0.39 is 0 Å². The van der Waals surface area contributed by atoms with E-state index in [0.29, 0.717) is 5.92 Å². The number of H-pyrrole nitrogens is 1. The highest BCUT2D eigenvalue weighted by Gasteiger charge is 2.14. The third-order valence-electron chi connectivity index (χ3n) is 3.54. The molecule has 1 aromatic carbocycles. The van der Waals surface area contributed by atoms with E-state index in [1.807, 2.05) is 18.5 Å². The molecule has 0 aliphatic heterocycles. The first kappa shape index (κ1) is 12.4. The van der Waals surface area contributed by atoms with E-state index in [2.05, 4.69) is 49.2 Å². The summed E-state index contributed by atoms with van der Waals surface area (Å²) in [5, 5.41) is 9.31. The second-order valence-electron chi connectivity index (χ2n) is 4.68. The quantitative estimate of drug-likeness (QED) is 0.852. The zero-order chi connectivity index (χ0) is 13.0. The molecule has 1 aromatic heterocycles. The number of aromatic nitrogens is 1. The fraction of sp³-hybridized carbons (Fsp3) is 0.312. The van der Waals surface area contributed by atoms with Crippen LogP contribution in [-0.2, 0) is 0 Å². The molecule has 2 atom stereocenters. The summed E-state index contributed by atoms with van der Waals surface area (Å²) in [5.74, 6) is 0.397. The minimum absolute atomic E-state index is 0.178. The van der Waals surface area contributed by atoms with Crippen molar-refractivity contribution in [1.82, 2.24) is 4.98 Å². The van der Waals surface area contributed by atoms with Crippen LogP contribution in [0.15, 0.2) is 42.7 Å². The molecule has 0 spiro atoms. The zero-order valence-electron chi connectivity index (χ0n) is 10.9. The molecule has 1 N–H and O–H groups in total. The summed E-state index contributed by atoms with van der Waals surface area (Å²) < 4.78 is 0. The number of nitriles is 1. The van der Waals surface area contributed by atoms with Crippen LogP contribution in [0, 0.1) is 11.3 Å². The van der Waals surface area contributed by atoms with Crippen molar-refractivity contribution in [3.63, 3.8) is 0 Å². The van der Waals surface area contributed by atoms with Crippen LogP contribution in [0.3, 0.4) is 0 Å². The molecule has 0 aliphatic rings. The summed E-state index contributed by atoms with van der Waals surface area (Å²) in [5.41, 5.74) is 3.42. The van der Waals surface area contributed by atoms with Crippen molar-refractivity contribution in [3.05, 3.63) is 59.4 Å². The fourth-order valence-corrected chi connectivity index (χ4v) is 2.11. The molecule has 92 valence electrons. The highest BCUT2D eigenvalue weighted by molar-refractivity contribution is 5.38. The van der Waals surface area contributed by atoms with Crippen molar-refractivity contribution in [3.8, 4) is 6.07 Å². The van der Waals surface area contributed by atoms with E-state index in [1.54, 1.807) is 0 Å². The van der Waals surface area contributed by atoms with Crippen molar-refractivity contribution >= 4 is 0 Å². The average molecular weight is 238 g/mol. The van der Waals surface area contributed by atoms with Gasteiger partial charge in [-0.15, -0.1) is 0 Å². The lowest BCUT2D eigenvalue weighted by Gasteiger charge is -2.12. The molecular weight excluding hydrogens is 220 g/mol. The van der Waals surface area contributed by atoms with Crippen molar-refractivity contribution in [1.29, 1.82) is 5.26 Å². The van der Waals surface area contributed by atoms with Crippen LogP contribution in [0.5, 0.6) is 0 Å². The predicted molar refractivity (Wildman–Crippen MR) is 73.4 cm³/mol. The van der Waals surface area contributed by atoms with Gasteiger partial charge in [0.1, 0.15) is 0 Å². The van der Waals surface area contributed by atoms with E-state index >= 15 is 0 Å². The average Bonchev–Trinajstić information content (AvgIpc) is 2.93. The van der Waals surface area contributed by atoms with Crippen LogP contribution in [0.1, 0.15) is 48.8 Å². The van der Waals surface area contributed by atoms with Crippen LogP contribution >= 0.6 is 0 Å². The lowest BCUT2D eigenvalue weighted by atomic mass is 9.91. The van der Waals surface area contributed by atoms with Crippen LogP contribution < -0.4 is 0 Å². The smallest absolute Gasteiger partial charge is 0.0977 e. The Morgan fingerprint density at radius 1 is 1.11 bits per heavy atom. The first-order valence-electron chi connectivity index (χ1n) is 6.38. The highest BCUT2D eigenvalue weighted by Crippen LogP contribution is 2.26. The molecule has 0 aliphatic carbocycles. The predicted octanol–water partition coefficient (Wildman–Crippen LogP) is 4.18. The van der Waals surface area contributed by atoms with E-state index in [0.717, 1.165) is 17.5 Å². The van der Waals surface area contributed by atoms with Crippen molar-refractivity contribution in [2.45, 2.75) is 32.1 Å². The van der Waals surface area contributed by atoms with Crippen LogP contribution in [0.2, 0.25) is 0 Å². The SMILES string of the molecule is CCC(C)c1ccc(C(C#N)c2cc[nH]c2)cc1. The molecular formula is C16H18N2. The Balaban J connectivity index is 2.26. The van der Waals surface area contributed by atoms with Crippen molar-refractivity contribution in [2.75, 3.05) is 0 Å². The number of hydrogen-bond acceptors (Lipinski definition) is 1. The van der Waals surface area contributed by atoms with E-state index in [-0.39, 0.29) is 5.92 Å². The van der Waals surface area contributed by atoms with Gasteiger partial charge < -0.3 is 4.98 Å². The lowest BCUT2D eigenvalue weighted by Crippen LogP contribution is -1.98. The molecule has 0 fully saturated rings. The maximum absolute atomic E-state index is 9.31. The first-order valence-corrected chi connectivity index (χ1v) is 6.38. The first-order chi connectivity index (χ1) is 8.76. The molecule has 0 saturated heterocycles. The molecule has 0 bridgehead atoms. The Labute approximate surface area is 108 Å². The van der Waals surface area contributed by atoms with Crippen LogP contribution in [0.25, 0.3) is 0 Å². The summed E-state index contributed by atoms with van der Waals surface area (Å²) in [4.78, 5) is 3.00. The Bertz CT molecular complexity index is 517. The second-order valence-corrected chi connectivity index (χ2v) is 4.68. The summed E-state index contributed by atoms with van der Waals surface area (Å²) in [6.45, 7) is 4.42. The van der Waals surface area contributed by atoms with Crippen LogP contribution in [-0.4, -0.2) is 4.98 Å². The molecule has 2 rings (SSSR count).